The third kappa shape index (κ3) is 5.33. The SMILES string of the molecule is CC(=O)CCOCCOCCNc1cccc2c1C(=O)N(C1CCC(=O)NC1=O)C2=O. The van der Waals surface area contributed by atoms with Crippen LogP contribution in [0, 0.1) is 0 Å². The van der Waals surface area contributed by atoms with E-state index in [0.717, 1.165) is 4.90 Å². The molecule has 0 saturated carbocycles. The third-order valence-corrected chi connectivity index (χ3v) is 5.00. The van der Waals surface area contributed by atoms with Crippen LogP contribution in [-0.4, -0.2) is 73.3 Å². The summed E-state index contributed by atoms with van der Waals surface area (Å²) in [4.78, 5) is 61.0. The number of nitrogens with one attached hydrogen (secondary N) is 2. The van der Waals surface area contributed by atoms with Gasteiger partial charge in [0, 0.05) is 25.1 Å². The Bertz CT molecular complexity index is 899. The van der Waals surface area contributed by atoms with Crippen LogP contribution in [0.4, 0.5) is 5.69 Å². The van der Waals surface area contributed by atoms with E-state index in [1.807, 2.05) is 0 Å². The molecule has 0 aromatic heterocycles. The Kier molecular flexibility index (Phi) is 7.48. The van der Waals surface area contributed by atoms with E-state index >= 15 is 0 Å². The molecule has 10 heteroatoms. The molecule has 2 N–H and O–H groups in total. The van der Waals surface area contributed by atoms with Gasteiger partial charge in [-0.3, -0.25) is 34.2 Å². The zero-order valence-corrected chi connectivity index (χ0v) is 17.3. The predicted octanol–water partition coefficient (Wildman–Crippen LogP) is 0.512. The molecule has 0 aliphatic carbocycles. The molecule has 4 amide bonds. The van der Waals surface area contributed by atoms with Crippen molar-refractivity contribution >= 4 is 35.1 Å². The van der Waals surface area contributed by atoms with Crippen molar-refractivity contribution in [3.05, 3.63) is 29.3 Å². The molecule has 3 rings (SSSR count). The van der Waals surface area contributed by atoms with Gasteiger partial charge in [-0.05, 0) is 25.5 Å². The Morgan fingerprint density at radius 3 is 2.55 bits per heavy atom. The van der Waals surface area contributed by atoms with Crippen molar-refractivity contribution in [2.75, 3.05) is 38.3 Å². The molecule has 0 spiro atoms. The Morgan fingerprint density at radius 2 is 1.84 bits per heavy atom. The highest BCUT2D eigenvalue weighted by Crippen LogP contribution is 2.32. The quantitative estimate of drug-likeness (QED) is 0.383. The molecule has 1 fully saturated rings. The molecule has 10 nitrogen and oxygen atoms in total. The first kappa shape index (κ1) is 22.6. The number of anilines is 1. The number of amides is 4. The molecule has 1 aromatic carbocycles. The van der Waals surface area contributed by atoms with E-state index in [9.17, 15) is 24.0 Å². The van der Waals surface area contributed by atoms with E-state index in [0.29, 0.717) is 45.1 Å². The fourth-order valence-electron chi connectivity index (χ4n) is 3.46. The molecule has 1 atom stereocenters. The summed E-state index contributed by atoms with van der Waals surface area (Å²) in [6.07, 6.45) is 0.565. The smallest absolute Gasteiger partial charge is 0.264 e. The number of fused-ring (bicyclic) bond motifs is 1. The summed E-state index contributed by atoms with van der Waals surface area (Å²) in [5, 5.41) is 5.27. The van der Waals surface area contributed by atoms with Crippen molar-refractivity contribution in [3.63, 3.8) is 0 Å². The Labute approximate surface area is 179 Å². The molecule has 2 aliphatic rings. The predicted molar refractivity (Wildman–Crippen MR) is 109 cm³/mol. The summed E-state index contributed by atoms with van der Waals surface area (Å²) >= 11 is 0. The van der Waals surface area contributed by atoms with Gasteiger partial charge in [-0.15, -0.1) is 0 Å². The highest BCUT2D eigenvalue weighted by atomic mass is 16.5. The number of nitrogens with zero attached hydrogens (tertiary/aromatic N) is 1. The first-order valence-electron chi connectivity index (χ1n) is 10.1. The molecule has 166 valence electrons. The maximum atomic E-state index is 13.0. The van der Waals surface area contributed by atoms with E-state index in [2.05, 4.69) is 10.6 Å². The van der Waals surface area contributed by atoms with E-state index in [4.69, 9.17) is 9.47 Å². The first-order valence-corrected chi connectivity index (χ1v) is 10.1. The minimum Gasteiger partial charge on any atom is -0.382 e. The second kappa shape index (κ2) is 10.3. The number of ether oxygens (including phenoxy) is 2. The fraction of sp³-hybridized carbons (Fsp3) is 0.476. The molecule has 1 saturated heterocycles. The lowest BCUT2D eigenvalue weighted by Gasteiger charge is -2.27. The van der Waals surface area contributed by atoms with Crippen LogP contribution in [0.15, 0.2) is 18.2 Å². The molecule has 0 radical (unpaired) electrons. The van der Waals surface area contributed by atoms with E-state index in [1.54, 1.807) is 18.2 Å². The number of carbonyl (C=O) groups is 5. The number of carbonyl (C=O) groups excluding carboxylic acids is 5. The van der Waals surface area contributed by atoms with Crippen LogP contribution in [0.3, 0.4) is 0 Å². The van der Waals surface area contributed by atoms with Gasteiger partial charge in [-0.2, -0.15) is 0 Å². The number of ketones is 1. The maximum Gasteiger partial charge on any atom is 0.264 e. The third-order valence-electron chi connectivity index (χ3n) is 5.00. The van der Waals surface area contributed by atoms with Crippen molar-refractivity contribution < 1.29 is 33.4 Å². The van der Waals surface area contributed by atoms with Gasteiger partial charge in [0.1, 0.15) is 11.8 Å². The number of Topliss-reactive ketones (excluding diaryl/α,β-unsaturated/α-hetero) is 1. The van der Waals surface area contributed by atoms with Gasteiger partial charge in [0.2, 0.25) is 11.8 Å². The molecular formula is C21H25N3O7. The Morgan fingerprint density at radius 1 is 1.10 bits per heavy atom. The zero-order chi connectivity index (χ0) is 22.4. The summed E-state index contributed by atoms with van der Waals surface area (Å²) in [5.74, 6) is -2.08. The number of imide groups is 2. The van der Waals surface area contributed by atoms with Crippen molar-refractivity contribution in [2.45, 2.75) is 32.2 Å². The molecule has 2 heterocycles. The highest BCUT2D eigenvalue weighted by molar-refractivity contribution is 6.25. The van der Waals surface area contributed by atoms with E-state index in [-0.39, 0.29) is 29.8 Å². The lowest BCUT2D eigenvalue weighted by atomic mass is 10.0. The van der Waals surface area contributed by atoms with Gasteiger partial charge >= 0.3 is 0 Å². The number of hydrogen-bond acceptors (Lipinski definition) is 8. The zero-order valence-electron chi connectivity index (χ0n) is 17.3. The van der Waals surface area contributed by atoms with Crippen LogP contribution in [0.5, 0.6) is 0 Å². The van der Waals surface area contributed by atoms with Crippen molar-refractivity contribution in [1.82, 2.24) is 10.2 Å². The van der Waals surface area contributed by atoms with Gasteiger partial charge in [0.15, 0.2) is 0 Å². The minimum absolute atomic E-state index is 0.0738. The normalized spacial score (nSPS) is 18.2. The van der Waals surface area contributed by atoms with Crippen LogP contribution in [0.25, 0.3) is 0 Å². The number of rotatable bonds is 11. The van der Waals surface area contributed by atoms with Crippen molar-refractivity contribution in [1.29, 1.82) is 0 Å². The number of piperidine rings is 1. The van der Waals surface area contributed by atoms with Crippen LogP contribution < -0.4 is 10.6 Å². The molecular weight excluding hydrogens is 406 g/mol. The van der Waals surface area contributed by atoms with Crippen LogP contribution in [-0.2, 0) is 23.9 Å². The molecule has 1 aromatic rings. The lowest BCUT2D eigenvalue weighted by Crippen LogP contribution is -2.54. The first-order chi connectivity index (χ1) is 14.9. The van der Waals surface area contributed by atoms with E-state index < -0.39 is 29.7 Å². The standard InChI is InChI=1S/C21H25N3O7/c1-13(25)7-9-30-11-12-31-10-8-22-15-4-2-3-14-18(15)21(29)24(20(14)28)16-5-6-17(26)23-19(16)27/h2-4,16,22H,5-12H2,1H3,(H,23,26,27). The van der Waals surface area contributed by atoms with Gasteiger partial charge in [0.05, 0.1) is 37.6 Å². The summed E-state index contributed by atoms with van der Waals surface area (Å²) in [6, 6.07) is 3.89. The Balaban J connectivity index is 1.53. The Hall–Kier alpha value is -3.11. The minimum atomic E-state index is -0.996. The summed E-state index contributed by atoms with van der Waals surface area (Å²) in [6.45, 7) is 3.36. The van der Waals surface area contributed by atoms with Gasteiger partial charge < -0.3 is 14.8 Å². The second-order valence-electron chi connectivity index (χ2n) is 7.28. The van der Waals surface area contributed by atoms with Crippen molar-refractivity contribution in [3.8, 4) is 0 Å². The fourth-order valence-corrected chi connectivity index (χ4v) is 3.46. The molecule has 31 heavy (non-hydrogen) atoms. The monoisotopic (exact) mass is 431 g/mol. The van der Waals surface area contributed by atoms with Gasteiger partial charge in [-0.1, -0.05) is 6.07 Å². The maximum absolute atomic E-state index is 13.0. The molecule has 1 unspecified atom stereocenters. The topological polar surface area (TPSA) is 131 Å². The molecule has 2 aliphatic heterocycles. The summed E-state index contributed by atoms with van der Waals surface area (Å²) < 4.78 is 10.7. The van der Waals surface area contributed by atoms with Crippen LogP contribution >= 0.6 is 0 Å². The summed E-state index contributed by atoms with van der Waals surface area (Å²) in [5.41, 5.74) is 0.913. The summed E-state index contributed by atoms with van der Waals surface area (Å²) in [7, 11) is 0. The largest absolute Gasteiger partial charge is 0.382 e. The number of benzene rings is 1. The average Bonchev–Trinajstić information content (AvgIpc) is 2.98. The van der Waals surface area contributed by atoms with Crippen LogP contribution in [0.1, 0.15) is 46.9 Å². The van der Waals surface area contributed by atoms with Crippen LogP contribution in [0.2, 0.25) is 0 Å². The second-order valence-corrected chi connectivity index (χ2v) is 7.28. The van der Waals surface area contributed by atoms with Gasteiger partial charge in [-0.25, -0.2) is 0 Å². The lowest BCUT2D eigenvalue weighted by molar-refractivity contribution is -0.136. The van der Waals surface area contributed by atoms with Gasteiger partial charge in [0.25, 0.3) is 11.8 Å². The average molecular weight is 431 g/mol. The highest BCUT2D eigenvalue weighted by Gasteiger charge is 2.45. The number of hydrogen-bond donors (Lipinski definition) is 2. The van der Waals surface area contributed by atoms with E-state index in [1.165, 1.54) is 6.92 Å². The van der Waals surface area contributed by atoms with Crippen molar-refractivity contribution in [2.24, 2.45) is 0 Å². The molecule has 0 bridgehead atoms.